The number of hydrogen-bond acceptors (Lipinski definition) is 4. The molecule has 0 aliphatic rings. The Bertz CT molecular complexity index is 287. The quantitative estimate of drug-likeness (QED) is 0.630. The third-order valence-corrected chi connectivity index (χ3v) is 2.60. The van der Waals surface area contributed by atoms with Gasteiger partial charge < -0.3 is 15.0 Å². The molecule has 1 aromatic rings. The molecule has 5 nitrogen and oxygen atoms in total. The Morgan fingerprint density at radius 1 is 1.50 bits per heavy atom. The average molecular weight is 226 g/mol. The molecule has 0 amide bonds. The van der Waals surface area contributed by atoms with Gasteiger partial charge in [-0.15, -0.1) is 0 Å². The van der Waals surface area contributed by atoms with Crippen LogP contribution in [0.4, 0.5) is 0 Å². The van der Waals surface area contributed by atoms with E-state index in [0.29, 0.717) is 0 Å². The first-order chi connectivity index (χ1) is 7.74. The Labute approximate surface area is 97.2 Å². The number of rotatable bonds is 8. The summed E-state index contributed by atoms with van der Waals surface area (Å²) in [7, 11) is 3.83. The van der Waals surface area contributed by atoms with Crippen LogP contribution in [0.3, 0.4) is 0 Å². The minimum Gasteiger partial charge on any atom is -0.383 e. The molecule has 1 heterocycles. The molecule has 0 atom stereocenters. The van der Waals surface area contributed by atoms with Crippen molar-refractivity contribution in [3.05, 3.63) is 17.5 Å². The van der Waals surface area contributed by atoms with Crippen molar-refractivity contribution in [3.8, 4) is 0 Å². The highest BCUT2D eigenvalue weighted by atomic mass is 16.5. The Morgan fingerprint density at radius 2 is 2.31 bits per heavy atom. The molecule has 1 aromatic heterocycles. The molecule has 0 aromatic carbocycles. The predicted octanol–water partition coefficient (Wildman–Crippen LogP) is 0.386. The SMILES string of the molecule is COCCN(C)CCNCc1cn[nH]c1C. The van der Waals surface area contributed by atoms with E-state index in [9.17, 15) is 0 Å². The highest BCUT2D eigenvalue weighted by Crippen LogP contribution is 2.00. The van der Waals surface area contributed by atoms with Crippen molar-refractivity contribution >= 4 is 0 Å². The molecule has 0 saturated heterocycles. The topological polar surface area (TPSA) is 53.2 Å². The summed E-state index contributed by atoms with van der Waals surface area (Å²) < 4.78 is 5.02. The molecule has 0 saturated carbocycles. The highest BCUT2D eigenvalue weighted by molar-refractivity contribution is 5.13. The standard InChI is InChI=1S/C11H22N4O/c1-10-11(9-13-14-10)8-12-4-5-15(2)6-7-16-3/h9,12H,4-8H2,1-3H3,(H,13,14). The Balaban J connectivity index is 2.06. The number of hydrogen-bond donors (Lipinski definition) is 2. The van der Waals surface area contributed by atoms with Crippen LogP contribution in [0.15, 0.2) is 6.20 Å². The second-order valence-electron chi connectivity index (χ2n) is 3.99. The largest absolute Gasteiger partial charge is 0.383 e. The summed E-state index contributed by atoms with van der Waals surface area (Å²) in [5.74, 6) is 0. The fraction of sp³-hybridized carbons (Fsp3) is 0.727. The van der Waals surface area contributed by atoms with E-state index in [4.69, 9.17) is 4.74 Å². The normalized spacial score (nSPS) is 11.2. The van der Waals surface area contributed by atoms with Crippen molar-refractivity contribution in [2.75, 3.05) is 40.4 Å². The molecule has 2 N–H and O–H groups in total. The van der Waals surface area contributed by atoms with Crippen molar-refractivity contribution in [1.82, 2.24) is 20.4 Å². The summed E-state index contributed by atoms with van der Waals surface area (Å²) in [5, 5.41) is 10.3. The smallest absolute Gasteiger partial charge is 0.0589 e. The van der Waals surface area contributed by atoms with Gasteiger partial charge in [-0.05, 0) is 14.0 Å². The van der Waals surface area contributed by atoms with Gasteiger partial charge in [0.25, 0.3) is 0 Å². The number of aromatic amines is 1. The fourth-order valence-electron chi connectivity index (χ4n) is 1.41. The highest BCUT2D eigenvalue weighted by Gasteiger charge is 2.00. The van der Waals surface area contributed by atoms with Crippen LogP contribution in [-0.4, -0.2) is 55.5 Å². The Kier molecular flexibility index (Phi) is 6.07. The molecule has 0 unspecified atom stereocenters. The maximum atomic E-state index is 5.02. The van der Waals surface area contributed by atoms with Gasteiger partial charge in [-0.2, -0.15) is 5.10 Å². The number of aromatic nitrogens is 2. The number of H-pyrrole nitrogens is 1. The van der Waals surface area contributed by atoms with Gasteiger partial charge >= 0.3 is 0 Å². The van der Waals surface area contributed by atoms with E-state index >= 15 is 0 Å². The third-order valence-electron chi connectivity index (χ3n) is 2.60. The predicted molar refractivity (Wildman–Crippen MR) is 64.4 cm³/mol. The minimum atomic E-state index is 0.789. The first-order valence-corrected chi connectivity index (χ1v) is 5.61. The van der Waals surface area contributed by atoms with Crippen molar-refractivity contribution in [2.24, 2.45) is 0 Å². The van der Waals surface area contributed by atoms with Crippen LogP contribution in [-0.2, 0) is 11.3 Å². The number of methoxy groups -OCH3 is 1. The molecule has 0 aliphatic heterocycles. The van der Waals surface area contributed by atoms with Crippen molar-refractivity contribution < 1.29 is 4.74 Å². The maximum Gasteiger partial charge on any atom is 0.0589 e. The molecular weight excluding hydrogens is 204 g/mol. The molecule has 0 fully saturated rings. The van der Waals surface area contributed by atoms with Crippen LogP contribution in [0.5, 0.6) is 0 Å². The number of aryl methyl sites for hydroxylation is 1. The summed E-state index contributed by atoms with van der Waals surface area (Å²) in [6.07, 6.45) is 1.87. The maximum absolute atomic E-state index is 5.02. The summed E-state index contributed by atoms with van der Waals surface area (Å²) in [4.78, 5) is 2.25. The zero-order valence-electron chi connectivity index (χ0n) is 10.4. The van der Waals surface area contributed by atoms with Gasteiger partial charge in [-0.3, -0.25) is 5.10 Å². The van der Waals surface area contributed by atoms with Crippen molar-refractivity contribution in [2.45, 2.75) is 13.5 Å². The number of nitrogens with zero attached hydrogens (tertiary/aromatic N) is 2. The van der Waals surface area contributed by atoms with E-state index in [1.807, 2.05) is 13.1 Å². The van der Waals surface area contributed by atoms with E-state index in [-0.39, 0.29) is 0 Å². The van der Waals surface area contributed by atoms with E-state index in [0.717, 1.165) is 38.5 Å². The zero-order valence-corrected chi connectivity index (χ0v) is 10.4. The molecule has 0 radical (unpaired) electrons. The van der Waals surface area contributed by atoms with Crippen LogP contribution in [0.2, 0.25) is 0 Å². The van der Waals surface area contributed by atoms with Gasteiger partial charge in [0.1, 0.15) is 0 Å². The first-order valence-electron chi connectivity index (χ1n) is 5.61. The second-order valence-corrected chi connectivity index (χ2v) is 3.99. The molecule has 1 rings (SSSR count). The Hall–Kier alpha value is -0.910. The molecule has 0 aliphatic carbocycles. The number of likely N-dealkylation sites (N-methyl/N-ethyl adjacent to an activating group) is 1. The summed E-state index contributed by atoms with van der Waals surface area (Å²) in [6, 6.07) is 0. The summed E-state index contributed by atoms with van der Waals surface area (Å²) >= 11 is 0. The molecule has 92 valence electrons. The monoisotopic (exact) mass is 226 g/mol. The first kappa shape index (κ1) is 13.2. The van der Waals surface area contributed by atoms with E-state index < -0.39 is 0 Å². The molecule has 5 heteroatoms. The molecule has 0 bridgehead atoms. The fourth-order valence-corrected chi connectivity index (χ4v) is 1.41. The van der Waals surface area contributed by atoms with E-state index in [1.54, 1.807) is 7.11 Å². The molecular formula is C11H22N4O. The van der Waals surface area contributed by atoms with Crippen molar-refractivity contribution in [3.63, 3.8) is 0 Å². The van der Waals surface area contributed by atoms with Gasteiger partial charge in [-0.25, -0.2) is 0 Å². The van der Waals surface area contributed by atoms with Gasteiger partial charge in [0.05, 0.1) is 12.8 Å². The minimum absolute atomic E-state index is 0.789. The van der Waals surface area contributed by atoms with Crippen LogP contribution >= 0.6 is 0 Å². The lowest BCUT2D eigenvalue weighted by Gasteiger charge is -2.16. The number of ether oxygens (including phenoxy) is 1. The third kappa shape index (κ3) is 4.74. The second kappa shape index (κ2) is 7.38. The van der Waals surface area contributed by atoms with Gasteiger partial charge in [0, 0.05) is 44.5 Å². The zero-order chi connectivity index (χ0) is 11.8. The summed E-state index contributed by atoms with van der Waals surface area (Å²) in [6.45, 7) is 6.68. The lowest BCUT2D eigenvalue weighted by Crippen LogP contribution is -2.31. The van der Waals surface area contributed by atoms with Crippen LogP contribution in [0.1, 0.15) is 11.3 Å². The molecule has 16 heavy (non-hydrogen) atoms. The van der Waals surface area contributed by atoms with E-state index in [2.05, 4.69) is 27.5 Å². The van der Waals surface area contributed by atoms with Gasteiger partial charge in [0.2, 0.25) is 0 Å². The Morgan fingerprint density at radius 3 is 2.94 bits per heavy atom. The average Bonchev–Trinajstić information content (AvgIpc) is 2.67. The van der Waals surface area contributed by atoms with Crippen LogP contribution < -0.4 is 5.32 Å². The number of nitrogens with one attached hydrogen (secondary N) is 2. The van der Waals surface area contributed by atoms with Gasteiger partial charge in [0.15, 0.2) is 0 Å². The lowest BCUT2D eigenvalue weighted by molar-refractivity contribution is 0.161. The van der Waals surface area contributed by atoms with Crippen molar-refractivity contribution in [1.29, 1.82) is 0 Å². The van der Waals surface area contributed by atoms with Gasteiger partial charge in [-0.1, -0.05) is 0 Å². The molecule has 0 spiro atoms. The van der Waals surface area contributed by atoms with Crippen LogP contribution in [0, 0.1) is 6.92 Å². The summed E-state index contributed by atoms with van der Waals surface area (Å²) in [5.41, 5.74) is 2.37. The van der Waals surface area contributed by atoms with Crippen LogP contribution in [0.25, 0.3) is 0 Å². The van der Waals surface area contributed by atoms with E-state index in [1.165, 1.54) is 5.56 Å². The lowest BCUT2D eigenvalue weighted by atomic mass is 10.2.